The molecule has 1 aromatic carbocycles. The van der Waals surface area contributed by atoms with E-state index in [9.17, 15) is 9.90 Å². The SMILES string of the molecule is O=C(O)c1c(CNCCc2ncno2)oc2ccccc12. The first kappa shape index (κ1) is 13.3. The molecular formula is C14H13N3O4. The summed E-state index contributed by atoms with van der Waals surface area (Å²) in [5.41, 5.74) is 0.777. The van der Waals surface area contributed by atoms with Gasteiger partial charge in [-0.25, -0.2) is 4.79 Å². The number of carboxylic acids is 1. The number of aromatic nitrogens is 2. The van der Waals surface area contributed by atoms with E-state index >= 15 is 0 Å². The number of carbonyl (C=O) groups is 1. The molecule has 0 amide bonds. The zero-order valence-corrected chi connectivity index (χ0v) is 11.1. The molecular weight excluding hydrogens is 274 g/mol. The van der Waals surface area contributed by atoms with Gasteiger partial charge in [0.25, 0.3) is 0 Å². The second kappa shape index (κ2) is 5.76. The normalized spacial score (nSPS) is 11.0. The summed E-state index contributed by atoms with van der Waals surface area (Å²) in [6.45, 7) is 0.906. The number of nitrogens with one attached hydrogen (secondary N) is 1. The summed E-state index contributed by atoms with van der Waals surface area (Å²) in [6.07, 6.45) is 1.92. The van der Waals surface area contributed by atoms with Gasteiger partial charge in [-0.1, -0.05) is 23.4 Å². The topological polar surface area (TPSA) is 101 Å². The summed E-state index contributed by atoms with van der Waals surface area (Å²) in [7, 11) is 0. The minimum atomic E-state index is -0.992. The minimum absolute atomic E-state index is 0.205. The van der Waals surface area contributed by atoms with Crippen molar-refractivity contribution in [2.24, 2.45) is 0 Å². The van der Waals surface area contributed by atoms with Crippen molar-refractivity contribution in [3.63, 3.8) is 0 Å². The van der Waals surface area contributed by atoms with E-state index in [4.69, 9.17) is 8.94 Å². The van der Waals surface area contributed by atoms with Gasteiger partial charge in [-0.15, -0.1) is 0 Å². The van der Waals surface area contributed by atoms with Crippen LogP contribution in [-0.4, -0.2) is 27.8 Å². The Bertz CT molecular complexity index is 749. The smallest absolute Gasteiger partial charge is 0.339 e. The average molecular weight is 287 g/mol. The second-order valence-electron chi connectivity index (χ2n) is 4.46. The number of hydrogen-bond acceptors (Lipinski definition) is 6. The molecule has 0 spiro atoms. The molecule has 21 heavy (non-hydrogen) atoms. The van der Waals surface area contributed by atoms with E-state index in [0.29, 0.717) is 42.1 Å². The van der Waals surface area contributed by atoms with E-state index in [2.05, 4.69) is 15.5 Å². The van der Waals surface area contributed by atoms with Gasteiger partial charge in [0.05, 0.1) is 6.54 Å². The number of hydrogen-bond donors (Lipinski definition) is 2. The summed E-state index contributed by atoms with van der Waals surface area (Å²) >= 11 is 0. The van der Waals surface area contributed by atoms with Crippen LogP contribution in [0.25, 0.3) is 11.0 Å². The fourth-order valence-electron chi connectivity index (χ4n) is 2.16. The number of carboxylic acid groups (broad SMARTS) is 1. The van der Waals surface area contributed by atoms with Crippen LogP contribution < -0.4 is 5.32 Å². The molecule has 0 fully saturated rings. The summed E-state index contributed by atoms with van der Waals surface area (Å²) < 4.78 is 10.5. The van der Waals surface area contributed by atoms with Gasteiger partial charge in [0, 0.05) is 18.4 Å². The van der Waals surface area contributed by atoms with Crippen LogP contribution in [0.5, 0.6) is 0 Å². The third-order valence-electron chi connectivity index (χ3n) is 3.09. The Balaban J connectivity index is 1.71. The molecule has 0 radical (unpaired) electrons. The molecule has 0 saturated heterocycles. The van der Waals surface area contributed by atoms with Crippen molar-refractivity contribution in [3.8, 4) is 0 Å². The molecule has 7 heteroatoms. The van der Waals surface area contributed by atoms with E-state index < -0.39 is 5.97 Å². The molecule has 2 heterocycles. The zero-order valence-electron chi connectivity index (χ0n) is 11.1. The summed E-state index contributed by atoms with van der Waals surface area (Å²) in [5, 5.41) is 16.6. The van der Waals surface area contributed by atoms with Crippen LogP contribution in [0.15, 0.2) is 39.5 Å². The number of fused-ring (bicyclic) bond motifs is 1. The molecule has 0 saturated carbocycles. The van der Waals surface area contributed by atoms with Crippen molar-refractivity contribution in [1.82, 2.24) is 15.5 Å². The largest absolute Gasteiger partial charge is 0.478 e. The maximum absolute atomic E-state index is 11.4. The van der Waals surface area contributed by atoms with Crippen molar-refractivity contribution in [2.45, 2.75) is 13.0 Å². The van der Waals surface area contributed by atoms with E-state index in [1.54, 1.807) is 18.2 Å². The first-order chi connectivity index (χ1) is 10.3. The van der Waals surface area contributed by atoms with Crippen molar-refractivity contribution in [1.29, 1.82) is 0 Å². The third kappa shape index (κ3) is 2.77. The van der Waals surface area contributed by atoms with Crippen LogP contribution in [0.3, 0.4) is 0 Å². The Morgan fingerprint density at radius 1 is 1.33 bits per heavy atom. The van der Waals surface area contributed by atoms with Crippen molar-refractivity contribution < 1.29 is 18.8 Å². The monoisotopic (exact) mass is 287 g/mol. The van der Waals surface area contributed by atoms with Crippen LogP contribution in [-0.2, 0) is 13.0 Å². The standard InChI is InChI=1S/C14H13N3O4/c18-14(19)13-9-3-1-2-4-10(9)20-11(13)7-15-6-5-12-16-8-17-21-12/h1-4,8,15H,5-7H2,(H,18,19). The van der Waals surface area contributed by atoms with Gasteiger partial charge in [0.15, 0.2) is 6.33 Å². The molecule has 0 aliphatic carbocycles. The van der Waals surface area contributed by atoms with Crippen LogP contribution in [0.2, 0.25) is 0 Å². The molecule has 7 nitrogen and oxygen atoms in total. The lowest BCUT2D eigenvalue weighted by molar-refractivity contribution is 0.0696. The molecule has 108 valence electrons. The lowest BCUT2D eigenvalue weighted by Gasteiger charge is -2.01. The first-order valence-electron chi connectivity index (χ1n) is 6.45. The van der Waals surface area contributed by atoms with Crippen LogP contribution in [0, 0.1) is 0 Å². The zero-order chi connectivity index (χ0) is 14.7. The molecule has 3 aromatic rings. The lowest BCUT2D eigenvalue weighted by Crippen LogP contribution is -2.18. The molecule has 0 atom stereocenters. The van der Waals surface area contributed by atoms with Crippen molar-refractivity contribution >= 4 is 16.9 Å². The summed E-state index contributed by atoms with van der Waals surface area (Å²) in [4.78, 5) is 15.3. The number of aromatic carboxylic acids is 1. The number of rotatable bonds is 6. The van der Waals surface area contributed by atoms with Gasteiger partial charge in [-0.05, 0) is 6.07 Å². The lowest BCUT2D eigenvalue weighted by atomic mass is 10.1. The van der Waals surface area contributed by atoms with Crippen LogP contribution >= 0.6 is 0 Å². The van der Waals surface area contributed by atoms with Gasteiger partial charge in [-0.2, -0.15) is 4.98 Å². The molecule has 0 aliphatic rings. The van der Waals surface area contributed by atoms with Gasteiger partial charge >= 0.3 is 5.97 Å². The average Bonchev–Trinajstić information content (AvgIpc) is 3.10. The van der Waals surface area contributed by atoms with Gasteiger partial charge in [0.1, 0.15) is 16.9 Å². The van der Waals surface area contributed by atoms with E-state index in [0.717, 1.165) is 0 Å². The highest BCUT2D eigenvalue weighted by molar-refractivity contribution is 6.03. The Hall–Kier alpha value is -2.67. The fourth-order valence-corrected chi connectivity index (χ4v) is 2.16. The Morgan fingerprint density at radius 3 is 2.95 bits per heavy atom. The molecule has 2 aromatic heterocycles. The Labute approximate surface area is 119 Å². The Morgan fingerprint density at radius 2 is 2.19 bits per heavy atom. The van der Waals surface area contributed by atoms with E-state index in [1.165, 1.54) is 6.33 Å². The first-order valence-corrected chi connectivity index (χ1v) is 6.45. The van der Waals surface area contributed by atoms with Gasteiger partial charge in [0.2, 0.25) is 5.89 Å². The van der Waals surface area contributed by atoms with Crippen molar-refractivity contribution in [2.75, 3.05) is 6.54 Å². The predicted molar refractivity (Wildman–Crippen MR) is 72.9 cm³/mol. The predicted octanol–water partition coefficient (Wildman–Crippen LogP) is 1.85. The molecule has 0 aliphatic heterocycles. The molecule has 2 N–H and O–H groups in total. The van der Waals surface area contributed by atoms with Crippen molar-refractivity contribution in [3.05, 3.63) is 47.8 Å². The molecule has 0 unspecified atom stereocenters. The van der Waals surface area contributed by atoms with E-state index in [1.807, 2.05) is 6.07 Å². The summed E-state index contributed by atoms with van der Waals surface area (Å²) in [5.74, 6) is -0.0477. The maximum atomic E-state index is 11.4. The third-order valence-corrected chi connectivity index (χ3v) is 3.09. The Kier molecular flexibility index (Phi) is 3.65. The highest BCUT2D eigenvalue weighted by Crippen LogP contribution is 2.25. The van der Waals surface area contributed by atoms with E-state index in [-0.39, 0.29) is 5.56 Å². The van der Waals surface area contributed by atoms with Gasteiger partial charge < -0.3 is 19.4 Å². The fraction of sp³-hybridized carbons (Fsp3) is 0.214. The summed E-state index contributed by atoms with van der Waals surface area (Å²) in [6, 6.07) is 7.09. The highest BCUT2D eigenvalue weighted by atomic mass is 16.5. The van der Waals surface area contributed by atoms with Gasteiger partial charge in [-0.3, -0.25) is 0 Å². The quantitative estimate of drug-likeness (QED) is 0.667. The highest BCUT2D eigenvalue weighted by Gasteiger charge is 2.19. The molecule has 3 rings (SSSR count). The number of nitrogens with zero attached hydrogens (tertiary/aromatic N) is 2. The van der Waals surface area contributed by atoms with Crippen LogP contribution in [0.1, 0.15) is 22.0 Å². The number of benzene rings is 1. The van der Waals surface area contributed by atoms with Crippen LogP contribution in [0.4, 0.5) is 0 Å². The maximum Gasteiger partial charge on any atom is 0.339 e. The minimum Gasteiger partial charge on any atom is -0.478 e. The number of furan rings is 1. The number of para-hydroxylation sites is 1. The molecule has 0 bridgehead atoms. The second-order valence-corrected chi connectivity index (χ2v) is 4.46.